The van der Waals surface area contributed by atoms with Gasteiger partial charge in [0.2, 0.25) is 5.91 Å². The van der Waals surface area contributed by atoms with Crippen molar-refractivity contribution >= 4 is 50.0 Å². The molecule has 3 heterocycles. The fourth-order valence-corrected chi connectivity index (χ4v) is 4.63. The molecule has 0 spiro atoms. The number of rotatable bonds is 5. The van der Waals surface area contributed by atoms with Crippen molar-refractivity contribution in [2.45, 2.75) is 12.8 Å². The Morgan fingerprint density at radius 3 is 2.97 bits per heavy atom. The lowest BCUT2D eigenvalue weighted by molar-refractivity contribution is -0.120. The first-order valence-electron chi connectivity index (χ1n) is 9.28. The molecule has 1 amide bonds. The molecule has 1 fully saturated rings. The molecule has 1 N–H and O–H groups in total. The van der Waals surface area contributed by atoms with Crippen molar-refractivity contribution in [2.24, 2.45) is 5.92 Å². The SMILES string of the molecule is COc1cc(Cl)c(NC(=O)[C@@H]2CCCN(c3nc4cccnc4s3)C2)c(OC)c1. The van der Waals surface area contributed by atoms with Gasteiger partial charge in [-0.15, -0.1) is 0 Å². The Morgan fingerprint density at radius 2 is 2.21 bits per heavy atom. The summed E-state index contributed by atoms with van der Waals surface area (Å²) in [6.07, 6.45) is 3.49. The van der Waals surface area contributed by atoms with Gasteiger partial charge >= 0.3 is 0 Å². The highest BCUT2D eigenvalue weighted by atomic mass is 35.5. The van der Waals surface area contributed by atoms with Gasteiger partial charge in [-0.3, -0.25) is 4.79 Å². The third-order valence-electron chi connectivity index (χ3n) is 4.95. The number of hydrogen-bond acceptors (Lipinski definition) is 7. The molecule has 0 aliphatic carbocycles. The molecule has 2 aromatic heterocycles. The molecular formula is C20H21ClN4O3S. The predicted octanol–water partition coefficient (Wildman–Crippen LogP) is 4.22. The van der Waals surface area contributed by atoms with Crippen LogP contribution in [0.5, 0.6) is 11.5 Å². The van der Waals surface area contributed by atoms with E-state index in [0.29, 0.717) is 28.8 Å². The Labute approximate surface area is 177 Å². The number of benzene rings is 1. The average molecular weight is 433 g/mol. The van der Waals surface area contributed by atoms with E-state index < -0.39 is 0 Å². The van der Waals surface area contributed by atoms with E-state index in [0.717, 1.165) is 34.9 Å². The normalized spacial score (nSPS) is 16.7. The summed E-state index contributed by atoms with van der Waals surface area (Å²) in [5, 5.41) is 4.22. The molecule has 4 rings (SSSR count). The summed E-state index contributed by atoms with van der Waals surface area (Å²) in [4.78, 5) is 25.1. The molecule has 3 aromatic rings. The van der Waals surface area contributed by atoms with E-state index >= 15 is 0 Å². The zero-order chi connectivity index (χ0) is 20.4. The van der Waals surface area contributed by atoms with Gasteiger partial charge in [-0.25, -0.2) is 9.97 Å². The molecule has 7 nitrogen and oxygen atoms in total. The van der Waals surface area contributed by atoms with Crippen molar-refractivity contribution in [1.29, 1.82) is 0 Å². The molecule has 152 valence electrons. The quantitative estimate of drug-likeness (QED) is 0.650. The fourth-order valence-electron chi connectivity index (χ4n) is 3.44. The van der Waals surface area contributed by atoms with Gasteiger partial charge in [-0.05, 0) is 25.0 Å². The lowest BCUT2D eigenvalue weighted by atomic mass is 9.97. The van der Waals surface area contributed by atoms with Crippen molar-refractivity contribution in [3.63, 3.8) is 0 Å². The van der Waals surface area contributed by atoms with Crippen molar-refractivity contribution in [1.82, 2.24) is 9.97 Å². The Kier molecular flexibility index (Phi) is 5.73. The molecule has 0 saturated carbocycles. The number of amides is 1. The number of fused-ring (bicyclic) bond motifs is 1. The largest absolute Gasteiger partial charge is 0.497 e. The van der Waals surface area contributed by atoms with Crippen LogP contribution in [-0.2, 0) is 4.79 Å². The molecule has 1 aliphatic rings. The summed E-state index contributed by atoms with van der Waals surface area (Å²) in [7, 11) is 3.09. The molecule has 9 heteroatoms. The number of ether oxygens (including phenoxy) is 2. The van der Waals surface area contributed by atoms with Crippen LogP contribution >= 0.6 is 22.9 Å². The standard InChI is InChI=1S/C20H21ClN4O3S/c1-27-13-9-14(21)17(16(10-13)28-2)24-18(26)12-5-4-8-25(11-12)20-23-15-6-3-7-22-19(15)29-20/h3,6-7,9-10,12H,4-5,8,11H2,1-2H3,(H,24,26)/t12-/m1/s1. The third-order valence-corrected chi connectivity index (χ3v) is 6.29. The number of nitrogens with one attached hydrogen (secondary N) is 1. The summed E-state index contributed by atoms with van der Waals surface area (Å²) in [5.41, 5.74) is 1.34. The van der Waals surface area contributed by atoms with Gasteiger partial charge in [-0.1, -0.05) is 22.9 Å². The minimum Gasteiger partial charge on any atom is -0.497 e. The highest BCUT2D eigenvalue weighted by Gasteiger charge is 2.28. The number of methoxy groups -OCH3 is 2. The Hall–Kier alpha value is -2.58. The van der Waals surface area contributed by atoms with Crippen LogP contribution in [0, 0.1) is 5.92 Å². The van der Waals surface area contributed by atoms with Gasteiger partial charge < -0.3 is 19.7 Å². The lowest BCUT2D eigenvalue weighted by Gasteiger charge is -2.31. The van der Waals surface area contributed by atoms with Crippen LogP contribution in [0.2, 0.25) is 5.02 Å². The summed E-state index contributed by atoms with van der Waals surface area (Å²) in [6.45, 7) is 1.47. The topological polar surface area (TPSA) is 76.6 Å². The minimum absolute atomic E-state index is 0.0840. The van der Waals surface area contributed by atoms with Crippen LogP contribution in [0.4, 0.5) is 10.8 Å². The second-order valence-corrected chi connectivity index (χ2v) is 8.15. The van der Waals surface area contributed by atoms with E-state index in [9.17, 15) is 4.79 Å². The Bertz CT molecular complexity index is 1010. The monoisotopic (exact) mass is 432 g/mol. The molecule has 1 aromatic carbocycles. The molecule has 1 atom stereocenters. The highest BCUT2D eigenvalue weighted by Crippen LogP contribution is 2.38. The van der Waals surface area contributed by atoms with E-state index in [2.05, 4.69) is 20.2 Å². The molecule has 0 radical (unpaired) electrons. The van der Waals surface area contributed by atoms with Gasteiger partial charge in [0.15, 0.2) is 5.13 Å². The molecule has 1 saturated heterocycles. The van der Waals surface area contributed by atoms with Crippen LogP contribution in [0.25, 0.3) is 10.3 Å². The summed E-state index contributed by atoms with van der Waals surface area (Å²) < 4.78 is 10.6. The zero-order valence-electron chi connectivity index (χ0n) is 16.1. The predicted molar refractivity (Wildman–Crippen MR) is 116 cm³/mol. The lowest BCUT2D eigenvalue weighted by Crippen LogP contribution is -2.40. The van der Waals surface area contributed by atoms with Crippen LogP contribution in [0.1, 0.15) is 12.8 Å². The van der Waals surface area contributed by atoms with Gasteiger partial charge in [0, 0.05) is 31.4 Å². The maximum Gasteiger partial charge on any atom is 0.229 e. The molecule has 0 unspecified atom stereocenters. The first-order chi connectivity index (χ1) is 14.1. The number of anilines is 2. The first kappa shape index (κ1) is 19.7. The average Bonchev–Trinajstić information content (AvgIpc) is 3.19. The number of halogens is 1. The van der Waals surface area contributed by atoms with E-state index in [-0.39, 0.29) is 11.8 Å². The van der Waals surface area contributed by atoms with Crippen LogP contribution < -0.4 is 19.7 Å². The van der Waals surface area contributed by atoms with Crippen molar-refractivity contribution < 1.29 is 14.3 Å². The van der Waals surface area contributed by atoms with Gasteiger partial charge in [0.1, 0.15) is 27.5 Å². The number of pyridine rings is 1. The third kappa shape index (κ3) is 4.09. The van der Waals surface area contributed by atoms with Crippen LogP contribution in [0.15, 0.2) is 30.5 Å². The maximum atomic E-state index is 13.0. The van der Waals surface area contributed by atoms with Crippen molar-refractivity contribution in [3.05, 3.63) is 35.5 Å². The number of hydrogen-bond donors (Lipinski definition) is 1. The van der Waals surface area contributed by atoms with E-state index in [1.165, 1.54) is 7.11 Å². The van der Waals surface area contributed by atoms with Crippen molar-refractivity contribution in [2.75, 3.05) is 37.5 Å². The van der Waals surface area contributed by atoms with E-state index in [1.807, 2.05) is 12.1 Å². The Morgan fingerprint density at radius 1 is 1.34 bits per heavy atom. The number of thiazole rings is 1. The van der Waals surface area contributed by atoms with Crippen LogP contribution in [0.3, 0.4) is 0 Å². The fraction of sp³-hybridized carbons (Fsp3) is 0.350. The number of piperidine rings is 1. The first-order valence-corrected chi connectivity index (χ1v) is 10.5. The van der Waals surface area contributed by atoms with E-state index in [4.69, 9.17) is 21.1 Å². The van der Waals surface area contributed by atoms with Gasteiger partial charge in [0.25, 0.3) is 0 Å². The Balaban J connectivity index is 1.50. The molecule has 1 aliphatic heterocycles. The highest BCUT2D eigenvalue weighted by molar-refractivity contribution is 7.21. The number of aromatic nitrogens is 2. The van der Waals surface area contributed by atoms with Crippen LogP contribution in [-0.4, -0.2) is 43.2 Å². The summed E-state index contributed by atoms with van der Waals surface area (Å²) in [6, 6.07) is 7.18. The maximum absolute atomic E-state index is 13.0. The summed E-state index contributed by atoms with van der Waals surface area (Å²) >= 11 is 7.90. The van der Waals surface area contributed by atoms with Gasteiger partial charge in [-0.2, -0.15) is 0 Å². The van der Waals surface area contributed by atoms with E-state index in [1.54, 1.807) is 36.8 Å². The second kappa shape index (κ2) is 8.42. The molecule has 0 bridgehead atoms. The summed E-state index contributed by atoms with van der Waals surface area (Å²) in [5.74, 6) is 0.775. The van der Waals surface area contributed by atoms with Crippen molar-refractivity contribution in [3.8, 4) is 11.5 Å². The number of carbonyl (C=O) groups excluding carboxylic acids is 1. The molecular weight excluding hydrogens is 412 g/mol. The molecule has 29 heavy (non-hydrogen) atoms. The second-order valence-electron chi connectivity index (χ2n) is 6.79. The van der Waals surface area contributed by atoms with Gasteiger partial charge in [0.05, 0.1) is 25.2 Å². The minimum atomic E-state index is -0.174. The number of carbonyl (C=O) groups is 1. The zero-order valence-corrected chi connectivity index (χ0v) is 17.7. The smallest absolute Gasteiger partial charge is 0.229 e. The number of nitrogens with zero attached hydrogens (tertiary/aromatic N) is 3.